The van der Waals surface area contributed by atoms with E-state index >= 15 is 0 Å². The summed E-state index contributed by atoms with van der Waals surface area (Å²) in [4.78, 5) is 3.79. The van der Waals surface area contributed by atoms with Crippen LogP contribution >= 0.6 is 15.9 Å². The molecule has 0 aliphatic carbocycles. The van der Waals surface area contributed by atoms with Gasteiger partial charge in [0.2, 0.25) is 0 Å². The maximum Gasteiger partial charge on any atom is 0.166 e. The van der Waals surface area contributed by atoms with Crippen molar-refractivity contribution in [3.63, 3.8) is 0 Å². The first-order valence-electron chi connectivity index (χ1n) is 4.68. The molecule has 0 N–H and O–H groups in total. The maximum atomic E-state index is 13.5. The summed E-state index contributed by atoms with van der Waals surface area (Å²) < 4.78 is 19.4. The third-order valence-electron chi connectivity index (χ3n) is 1.97. The van der Waals surface area contributed by atoms with Gasteiger partial charge in [-0.05, 0) is 24.3 Å². The van der Waals surface area contributed by atoms with Crippen LogP contribution in [-0.2, 0) is 0 Å². The van der Waals surface area contributed by atoms with Crippen LogP contribution in [0.5, 0.6) is 11.5 Å². The van der Waals surface area contributed by atoms with Gasteiger partial charge in [0.1, 0.15) is 17.5 Å². The van der Waals surface area contributed by atoms with Crippen LogP contribution in [0, 0.1) is 17.1 Å². The molecule has 5 heteroatoms. The van der Waals surface area contributed by atoms with E-state index < -0.39 is 5.82 Å². The van der Waals surface area contributed by atoms with Gasteiger partial charge < -0.3 is 4.74 Å². The largest absolute Gasteiger partial charge is 0.454 e. The van der Waals surface area contributed by atoms with Crippen molar-refractivity contribution in [3.05, 3.63) is 52.5 Å². The van der Waals surface area contributed by atoms with Gasteiger partial charge in [0.05, 0.1) is 0 Å². The second-order valence-electron chi connectivity index (χ2n) is 3.17. The van der Waals surface area contributed by atoms with Gasteiger partial charge in [-0.2, -0.15) is 5.26 Å². The van der Waals surface area contributed by atoms with E-state index in [0.29, 0.717) is 10.2 Å². The Kier molecular flexibility index (Phi) is 3.35. The van der Waals surface area contributed by atoms with Crippen molar-refractivity contribution in [2.24, 2.45) is 0 Å². The molecule has 84 valence electrons. The van der Waals surface area contributed by atoms with Crippen molar-refractivity contribution < 1.29 is 9.13 Å². The van der Waals surface area contributed by atoms with Crippen molar-refractivity contribution in [2.45, 2.75) is 0 Å². The first-order valence-corrected chi connectivity index (χ1v) is 5.47. The number of hydrogen-bond acceptors (Lipinski definition) is 3. The van der Waals surface area contributed by atoms with Gasteiger partial charge in [0, 0.05) is 16.7 Å². The zero-order valence-electron chi connectivity index (χ0n) is 8.52. The Bertz CT molecular complexity index is 595. The minimum Gasteiger partial charge on any atom is -0.454 e. The lowest BCUT2D eigenvalue weighted by atomic mass is 10.3. The molecule has 0 aliphatic rings. The SMILES string of the molecule is N#Cc1cc(Oc2ccc(Br)cc2F)ccn1. The van der Waals surface area contributed by atoms with E-state index in [1.807, 2.05) is 6.07 Å². The predicted octanol–water partition coefficient (Wildman–Crippen LogP) is 3.65. The summed E-state index contributed by atoms with van der Waals surface area (Å²) in [6, 6.07) is 9.37. The Hall–Kier alpha value is -1.93. The summed E-state index contributed by atoms with van der Waals surface area (Å²) in [5.74, 6) is -0.00393. The Morgan fingerprint density at radius 1 is 1.29 bits per heavy atom. The van der Waals surface area contributed by atoms with E-state index in [1.165, 1.54) is 24.4 Å². The first kappa shape index (κ1) is 11.6. The number of nitriles is 1. The number of aromatic nitrogens is 1. The van der Waals surface area contributed by atoms with Gasteiger partial charge in [-0.1, -0.05) is 15.9 Å². The molecule has 2 rings (SSSR count). The second-order valence-corrected chi connectivity index (χ2v) is 4.08. The summed E-state index contributed by atoms with van der Waals surface area (Å²) in [5, 5.41) is 8.67. The third kappa shape index (κ3) is 2.80. The van der Waals surface area contributed by atoms with Gasteiger partial charge in [0.15, 0.2) is 11.6 Å². The first-order chi connectivity index (χ1) is 8.19. The summed E-state index contributed by atoms with van der Waals surface area (Å²) in [6.07, 6.45) is 1.44. The molecular weight excluding hydrogens is 287 g/mol. The van der Waals surface area contributed by atoms with E-state index in [9.17, 15) is 4.39 Å². The Morgan fingerprint density at radius 3 is 2.82 bits per heavy atom. The van der Waals surface area contributed by atoms with Gasteiger partial charge >= 0.3 is 0 Å². The number of ether oxygens (including phenoxy) is 1. The summed E-state index contributed by atoms with van der Waals surface area (Å²) >= 11 is 3.16. The Morgan fingerprint density at radius 2 is 2.12 bits per heavy atom. The quantitative estimate of drug-likeness (QED) is 0.849. The number of benzene rings is 1. The van der Waals surface area contributed by atoms with Crippen LogP contribution < -0.4 is 4.74 Å². The highest BCUT2D eigenvalue weighted by Crippen LogP contribution is 2.26. The molecular formula is C12H6BrFN2O. The van der Waals surface area contributed by atoms with Crippen LogP contribution in [-0.4, -0.2) is 4.98 Å². The zero-order valence-corrected chi connectivity index (χ0v) is 10.1. The van der Waals surface area contributed by atoms with Crippen molar-refractivity contribution in [1.82, 2.24) is 4.98 Å². The van der Waals surface area contributed by atoms with E-state index in [2.05, 4.69) is 20.9 Å². The number of rotatable bonds is 2. The molecule has 1 aromatic carbocycles. The fraction of sp³-hybridized carbons (Fsp3) is 0. The van der Waals surface area contributed by atoms with E-state index in [1.54, 1.807) is 12.1 Å². The van der Waals surface area contributed by atoms with Gasteiger partial charge in [-0.25, -0.2) is 9.37 Å². The summed E-state index contributed by atoms with van der Waals surface area (Å²) in [5.41, 5.74) is 0.222. The lowest BCUT2D eigenvalue weighted by molar-refractivity contribution is 0.441. The van der Waals surface area contributed by atoms with E-state index in [-0.39, 0.29) is 11.4 Å². The standard InChI is InChI=1S/C12H6BrFN2O/c13-8-1-2-12(11(14)5-8)17-10-3-4-16-9(6-10)7-15/h1-6H. The van der Waals surface area contributed by atoms with Crippen molar-refractivity contribution in [2.75, 3.05) is 0 Å². The average molecular weight is 293 g/mol. The van der Waals surface area contributed by atoms with Crippen LogP contribution in [0.2, 0.25) is 0 Å². The monoisotopic (exact) mass is 292 g/mol. The molecule has 1 heterocycles. The molecule has 0 saturated carbocycles. The molecule has 0 amide bonds. The molecule has 0 atom stereocenters. The van der Waals surface area contributed by atoms with Crippen molar-refractivity contribution >= 4 is 15.9 Å². The molecule has 0 saturated heterocycles. The van der Waals surface area contributed by atoms with Crippen molar-refractivity contribution in [1.29, 1.82) is 5.26 Å². The van der Waals surface area contributed by atoms with E-state index in [0.717, 1.165) is 0 Å². The Labute approximate surface area is 106 Å². The summed E-state index contributed by atoms with van der Waals surface area (Å²) in [6.45, 7) is 0. The average Bonchev–Trinajstić information content (AvgIpc) is 2.33. The molecule has 0 radical (unpaired) electrons. The molecule has 0 bridgehead atoms. The third-order valence-corrected chi connectivity index (χ3v) is 2.46. The zero-order chi connectivity index (χ0) is 12.3. The summed E-state index contributed by atoms with van der Waals surface area (Å²) in [7, 11) is 0. The Balaban J connectivity index is 2.28. The van der Waals surface area contributed by atoms with Crippen LogP contribution in [0.1, 0.15) is 5.69 Å². The van der Waals surface area contributed by atoms with E-state index in [4.69, 9.17) is 10.00 Å². The van der Waals surface area contributed by atoms with Crippen LogP contribution in [0.4, 0.5) is 4.39 Å². The van der Waals surface area contributed by atoms with Gasteiger partial charge in [0.25, 0.3) is 0 Å². The maximum absolute atomic E-state index is 13.5. The van der Waals surface area contributed by atoms with Gasteiger partial charge in [-0.15, -0.1) is 0 Å². The lowest BCUT2D eigenvalue weighted by Gasteiger charge is -2.06. The smallest absolute Gasteiger partial charge is 0.166 e. The molecule has 0 spiro atoms. The van der Waals surface area contributed by atoms with Crippen molar-refractivity contribution in [3.8, 4) is 17.6 Å². The van der Waals surface area contributed by atoms with Gasteiger partial charge in [-0.3, -0.25) is 0 Å². The van der Waals surface area contributed by atoms with Crippen LogP contribution in [0.3, 0.4) is 0 Å². The number of hydrogen-bond donors (Lipinski definition) is 0. The molecule has 1 aromatic heterocycles. The molecule has 3 nitrogen and oxygen atoms in total. The lowest BCUT2D eigenvalue weighted by Crippen LogP contribution is -1.90. The minimum atomic E-state index is -0.477. The highest BCUT2D eigenvalue weighted by atomic mass is 79.9. The molecule has 0 fully saturated rings. The normalized spacial score (nSPS) is 9.71. The topological polar surface area (TPSA) is 45.9 Å². The molecule has 2 aromatic rings. The number of halogens is 2. The highest BCUT2D eigenvalue weighted by Gasteiger charge is 2.06. The number of pyridine rings is 1. The number of nitrogens with zero attached hydrogens (tertiary/aromatic N) is 2. The second kappa shape index (κ2) is 4.93. The van der Waals surface area contributed by atoms with Crippen LogP contribution in [0.25, 0.3) is 0 Å². The fourth-order valence-corrected chi connectivity index (χ4v) is 1.55. The minimum absolute atomic E-state index is 0.100. The van der Waals surface area contributed by atoms with Crippen LogP contribution in [0.15, 0.2) is 41.0 Å². The highest BCUT2D eigenvalue weighted by molar-refractivity contribution is 9.10. The molecule has 0 unspecified atom stereocenters. The predicted molar refractivity (Wildman–Crippen MR) is 63.1 cm³/mol. The fourth-order valence-electron chi connectivity index (χ4n) is 1.22. The molecule has 17 heavy (non-hydrogen) atoms. The molecule has 0 aliphatic heterocycles.